The normalized spacial score (nSPS) is 14.6. The summed E-state index contributed by atoms with van der Waals surface area (Å²) in [7, 11) is -9.83. The lowest BCUT2D eigenvalue weighted by molar-refractivity contribution is -0.161. The van der Waals surface area contributed by atoms with E-state index in [1.165, 1.54) is 167 Å². The zero-order chi connectivity index (χ0) is 86.5. The van der Waals surface area contributed by atoms with Crippen molar-refractivity contribution < 1.29 is 75.8 Å². The number of hydrogen-bond acceptors (Lipinski definition) is 14. The van der Waals surface area contributed by atoms with Gasteiger partial charge in [0.2, 0.25) is 0 Å². The number of aliphatic hydroxyl groups excluding tert-OH is 2. The molecule has 0 fully saturated rings. The van der Waals surface area contributed by atoms with Crippen LogP contribution in [0.5, 0.6) is 0 Å². The highest BCUT2D eigenvalue weighted by molar-refractivity contribution is 7.47. The van der Waals surface area contributed by atoms with E-state index in [-0.39, 0.29) is 19.3 Å². The summed E-state index contributed by atoms with van der Waals surface area (Å²) in [6.45, 7) is 2.41. The molecule has 0 aromatic carbocycles. The van der Waals surface area contributed by atoms with E-state index in [1.807, 2.05) is 0 Å². The number of rotatable bonds is 88. The highest BCUT2D eigenvalue weighted by Crippen LogP contribution is 2.45. The van der Waals surface area contributed by atoms with Gasteiger partial charge in [-0.05, 0) is 161 Å². The Morgan fingerprint density at radius 1 is 0.244 bits per heavy atom. The van der Waals surface area contributed by atoms with E-state index in [4.69, 9.17) is 32.3 Å². The molecule has 18 heteroatoms. The molecule has 0 aromatic rings. The van der Waals surface area contributed by atoms with E-state index in [1.54, 1.807) is 0 Å². The number of carbonyl (C=O) groups excluding carboxylic acids is 3. The van der Waals surface area contributed by atoms with E-state index >= 15 is 0 Å². The fourth-order valence-corrected chi connectivity index (χ4v) is 14.1. The molecule has 0 saturated carbocycles. The first-order valence-electron chi connectivity index (χ1n) is 47.1. The van der Waals surface area contributed by atoms with Gasteiger partial charge in [-0.25, -0.2) is 9.13 Å². The third-order valence-electron chi connectivity index (χ3n) is 19.6. The SMILES string of the molecule is CC/C=C\C/C=C\C/C=C\C/C=C\C/C=C\C/C=C\CCCCC(=O)OC(COC(=O)CCCCCCCCCCCCCCC/C=C\C/C=C\C/C=C\C/C=C\CCCCC)COP(=O)(O)OCC(O)COP(=O)(O)OCC(O)COC(=O)CCCCCCCCCCCCCCCCCCC/C=C\C/C=C\C/C=C\C/C=C\C/C=C\CC. The third-order valence-corrected chi connectivity index (χ3v) is 21.5. The van der Waals surface area contributed by atoms with Crippen LogP contribution in [0.4, 0.5) is 0 Å². The molecule has 0 aliphatic heterocycles. The summed E-state index contributed by atoms with van der Waals surface area (Å²) in [5.74, 6) is -1.62. The fourth-order valence-electron chi connectivity index (χ4n) is 12.5. The van der Waals surface area contributed by atoms with Crippen molar-refractivity contribution in [3.8, 4) is 0 Å². The van der Waals surface area contributed by atoms with Crippen LogP contribution in [-0.4, -0.2) is 95.9 Å². The first kappa shape index (κ1) is 114. The molecule has 0 radical (unpaired) electrons. The molecule has 0 rings (SSSR count). The minimum atomic E-state index is -4.96. The summed E-state index contributed by atoms with van der Waals surface area (Å²) < 4.78 is 61.5. The maximum atomic E-state index is 13.1. The smallest absolute Gasteiger partial charge is 0.463 e. The fraction of sp³-hybridized carbons (Fsp3) is 0.673. The summed E-state index contributed by atoms with van der Waals surface area (Å²) in [5.41, 5.74) is 0. The lowest BCUT2D eigenvalue weighted by atomic mass is 10.0. The first-order chi connectivity index (χ1) is 58.2. The van der Waals surface area contributed by atoms with Crippen LogP contribution in [0.3, 0.4) is 0 Å². The maximum absolute atomic E-state index is 13.1. The second kappa shape index (κ2) is 91.8. The highest BCUT2D eigenvalue weighted by atomic mass is 31.2. The van der Waals surface area contributed by atoms with Crippen molar-refractivity contribution >= 4 is 33.6 Å². The monoisotopic (exact) mass is 1700 g/mol. The van der Waals surface area contributed by atoms with Crippen LogP contribution >= 0.6 is 15.6 Å². The molecule has 0 bridgehead atoms. The number of phosphoric ester groups is 2. The molecule has 5 atom stereocenters. The Morgan fingerprint density at radius 2 is 0.445 bits per heavy atom. The van der Waals surface area contributed by atoms with Crippen LogP contribution < -0.4 is 0 Å². The van der Waals surface area contributed by atoms with E-state index in [0.29, 0.717) is 25.7 Å². The Hall–Kier alpha value is -5.35. The molecule has 0 aromatic heterocycles. The van der Waals surface area contributed by atoms with E-state index in [0.717, 1.165) is 148 Å². The summed E-state index contributed by atoms with van der Waals surface area (Å²) in [4.78, 5) is 59.0. The Balaban J connectivity index is 4.59. The van der Waals surface area contributed by atoms with Crippen molar-refractivity contribution in [3.63, 3.8) is 0 Å². The number of carbonyl (C=O) groups is 3. The molecule has 16 nitrogen and oxygen atoms in total. The van der Waals surface area contributed by atoms with Crippen LogP contribution in [0, 0.1) is 0 Å². The molecule has 680 valence electrons. The van der Waals surface area contributed by atoms with Gasteiger partial charge in [0.05, 0.1) is 26.4 Å². The van der Waals surface area contributed by atoms with Gasteiger partial charge in [-0.15, -0.1) is 0 Å². The van der Waals surface area contributed by atoms with Crippen LogP contribution in [-0.2, 0) is 55.8 Å². The quantitative estimate of drug-likeness (QED) is 0.0146. The number of ether oxygens (including phenoxy) is 3. The first-order valence-corrected chi connectivity index (χ1v) is 50.1. The van der Waals surface area contributed by atoms with Crippen molar-refractivity contribution in [2.24, 2.45) is 0 Å². The molecule has 0 heterocycles. The number of aliphatic hydroxyl groups is 2. The van der Waals surface area contributed by atoms with Gasteiger partial charge in [0.15, 0.2) is 6.10 Å². The maximum Gasteiger partial charge on any atom is 0.472 e. The van der Waals surface area contributed by atoms with Gasteiger partial charge in [0, 0.05) is 19.3 Å². The highest BCUT2D eigenvalue weighted by Gasteiger charge is 2.29. The zero-order valence-corrected chi connectivity index (χ0v) is 76.8. The lowest BCUT2D eigenvalue weighted by Crippen LogP contribution is -2.30. The predicted molar refractivity (Wildman–Crippen MR) is 500 cm³/mol. The van der Waals surface area contributed by atoms with Crippen molar-refractivity contribution in [1.82, 2.24) is 0 Å². The summed E-state index contributed by atoms with van der Waals surface area (Å²) in [5, 5.41) is 20.7. The topological polar surface area (TPSA) is 231 Å². The molecule has 0 spiro atoms. The molecule has 0 saturated heterocycles. The van der Waals surface area contributed by atoms with Gasteiger partial charge >= 0.3 is 33.6 Å². The van der Waals surface area contributed by atoms with Crippen LogP contribution in [0.15, 0.2) is 182 Å². The number of allylic oxidation sites excluding steroid dienone is 30. The minimum absolute atomic E-state index is 0.0446. The van der Waals surface area contributed by atoms with Crippen LogP contribution in [0.1, 0.15) is 380 Å². The molecule has 119 heavy (non-hydrogen) atoms. The van der Waals surface area contributed by atoms with Gasteiger partial charge < -0.3 is 34.2 Å². The average Bonchev–Trinajstić information content (AvgIpc) is 0.902. The van der Waals surface area contributed by atoms with Crippen LogP contribution in [0.2, 0.25) is 0 Å². The lowest BCUT2D eigenvalue weighted by Gasteiger charge is -2.21. The van der Waals surface area contributed by atoms with E-state index in [2.05, 4.69) is 203 Å². The number of esters is 3. The molecule has 0 aliphatic carbocycles. The Labute approximate surface area is 725 Å². The van der Waals surface area contributed by atoms with Gasteiger partial charge in [0.25, 0.3) is 0 Å². The molecular weight excluding hydrogens is 1530 g/mol. The van der Waals surface area contributed by atoms with Gasteiger partial charge in [0.1, 0.15) is 25.4 Å². The Kier molecular flexibility index (Phi) is 87.7. The standard InChI is InChI=1S/C101H170O16P2/c1-4-7-10-13-16-19-22-25-28-31-34-37-39-41-43-45-46-47-48-50-52-53-55-58-60-63-66-69-72-75-78-81-84-87-99(104)111-90-96(102)91-113-118(107,108)114-92-97(103)93-115-119(109,110)116-95-98(117-101(106)89-86-83-80-77-74-71-68-65-62-57-36-33-30-27-24-21-18-15-12-9-6-3)94-112-100(105)88-85-82-79-76-73-70-67-64-61-59-56-54-51-49-44-42-40-38-35-32-29-26-23-20-17-14-11-8-5-2/h7,9-10,12,16-21,25-30,34-38,41-44,57,65,68,74,77,96-98,102-103H,4-6,8,11,13-15,22-24,31-33,39-40,45-56,58-64,66-67,69-73,75-76,78-95H2,1-3H3,(H,107,108)(H,109,110)/b10-7-,12-9-,19-16-,20-17-,21-18-,28-25-,29-26-,30-27-,37-34-,38-35-,43-41-,44-42-,57-36-,68-65-,77-74-. The number of hydrogen-bond donors (Lipinski definition) is 4. The van der Waals surface area contributed by atoms with Gasteiger partial charge in [-0.3, -0.25) is 32.5 Å². The molecule has 4 N–H and O–H groups in total. The predicted octanol–water partition coefficient (Wildman–Crippen LogP) is 29.2. The zero-order valence-electron chi connectivity index (χ0n) is 75.0. The Bertz CT molecular complexity index is 2890. The summed E-state index contributed by atoms with van der Waals surface area (Å²) in [6, 6.07) is 0. The average molecular weight is 1700 g/mol. The second-order valence-electron chi connectivity index (χ2n) is 31.0. The van der Waals surface area contributed by atoms with E-state index < -0.39 is 91.5 Å². The largest absolute Gasteiger partial charge is 0.472 e. The molecule has 0 amide bonds. The van der Waals surface area contributed by atoms with Crippen molar-refractivity contribution in [1.29, 1.82) is 0 Å². The molecule has 5 unspecified atom stereocenters. The summed E-state index contributed by atoms with van der Waals surface area (Å²) in [6.07, 6.45) is 121. The van der Waals surface area contributed by atoms with Gasteiger partial charge in [-0.2, -0.15) is 0 Å². The summed E-state index contributed by atoms with van der Waals surface area (Å²) >= 11 is 0. The van der Waals surface area contributed by atoms with E-state index in [9.17, 15) is 43.5 Å². The van der Waals surface area contributed by atoms with Crippen molar-refractivity contribution in [2.75, 3.05) is 39.6 Å². The number of phosphoric acid groups is 2. The third kappa shape index (κ3) is 93.2. The second-order valence-corrected chi connectivity index (χ2v) is 34.0. The molecule has 0 aliphatic rings. The van der Waals surface area contributed by atoms with Crippen molar-refractivity contribution in [3.05, 3.63) is 182 Å². The van der Waals surface area contributed by atoms with Gasteiger partial charge in [-0.1, -0.05) is 383 Å². The minimum Gasteiger partial charge on any atom is -0.463 e. The van der Waals surface area contributed by atoms with Crippen LogP contribution in [0.25, 0.3) is 0 Å². The van der Waals surface area contributed by atoms with Crippen molar-refractivity contribution in [2.45, 2.75) is 399 Å². The number of unbranched alkanes of at least 4 members (excludes halogenated alkanes) is 35. The molecular formula is C101H170O16P2. The Morgan fingerprint density at radius 3 is 0.723 bits per heavy atom.